The molecule has 6 nitrogen and oxygen atoms in total. The predicted octanol–water partition coefficient (Wildman–Crippen LogP) is 4.42. The molecule has 1 amide bonds. The summed E-state index contributed by atoms with van der Waals surface area (Å²) in [7, 11) is 1.65. The molecule has 3 aliphatic rings. The van der Waals surface area contributed by atoms with E-state index in [0.717, 1.165) is 34.8 Å². The van der Waals surface area contributed by atoms with Gasteiger partial charge >= 0.3 is 0 Å². The summed E-state index contributed by atoms with van der Waals surface area (Å²) >= 11 is 0. The van der Waals surface area contributed by atoms with Gasteiger partial charge in [-0.2, -0.15) is 0 Å². The molecule has 2 bridgehead atoms. The third-order valence-corrected chi connectivity index (χ3v) is 7.52. The highest BCUT2D eigenvalue weighted by Crippen LogP contribution is 2.44. The maximum atomic E-state index is 13.2. The largest absolute Gasteiger partial charge is 0.497 e. The Labute approximate surface area is 200 Å². The fourth-order valence-corrected chi connectivity index (χ4v) is 5.59. The second-order valence-electron chi connectivity index (χ2n) is 9.73. The van der Waals surface area contributed by atoms with Crippen LogP contribution in [-0.4, -0.2) is 30.5 Å². The van der Waals surface area contributed by atoms with Crippen LogP contribution in [0.2, 0.25) is 0 Å². The molecule has 1 aliphatic heterocycles. The third kappa shape index (κ3) is 5.13. The summed E-state index contributed by atoms with van der Waals surface area (Å²) in [5, 5.41) is 12.5. The molecule has 1 heterocycles. The van der Waals surface area contributed by atoms with Gasteiger partial charge in [-0.05, 0) is 66.0 Å². The first-order chi connectivity index (χ1) is 16.6. The lowest BCUT2D eigenvalue weighted by Crippen LogP contribution is -2.41. The normalized spacial score (nSPS) is 27.7. The highest BCUT2D eigenvalue weighted by molar-refractivity contribution is 5.92. The number of rotatable bonds is 8. The van der Waals surface area contributed by atoms with Crippen LogP contribution in [-0.2, 0) is 27.5 Å². The third-order valence-electron chi connectivity index (χ3n) is 7.52. The lowest BCUT2D eigenvalue weighted by Gasteiger charge is -2.31. The smallest absolute Gasteiger partial charge is 0.286 e. The molecule has 0 radical (unpaired) electrons. The number of carbonyl (C=O) groups excluding carboxylic acids is 1. The first-order valence-corrected chi connectivity index (χ1v) is 12.2. The minimum absolute atomic E-state index is 0.00204. The maximum Gasteiger partial charge on any atom is 0.286 e. The number of methoxy groups -OCH3 is 1. The van der Waals surface area contributed by atoms with E-state index in [4.69, 9.17) is 14.2 Å². The summed E-state index contributed by atoms with van der Waals surface area (Å²) in [5.41, 5.74) is 2.94. The van der Waals surface area contributed by atoms with Crippen molar-refractivity contribution >= 4 is 5.91 Å². The van der Waals surface area contributed by atoms with E-state index in [1.807, 2.05) is 54.6 Å². The molecular formula is C28H33NO5. The van der Waals surface area contributed by atoms with E-state index in [9.17, 15) is 9.90 Å². The molecular weight excluding hydrogens is 430 g/mol. The zero-order chi connectivity index (χ0) is 23.5. The van der Waals surface area contributed by atoms with E-state index in [1.165, 1.54) is 19.3 Å². The summed E-state index contributed by atoms with van der Waals surface area (Å²) in [6.45, 7) is 0.384. The fraction of sp³-hybridized carbons (Fsp3) is 0.464. The molecule has 5 atom stereocenters. The molecule has 2 N–H and O–H groups in total. The summed E-state index contributed by atoms with van der Waals surface area (Å²) in [4.78, 5) is 13.2. The van der Waals surface area contributed by atoms with E-state index in [-0.39, 0.29) is 24.5 Å². The van der Waals surface area contributed by atoms with Gasteiger partial charge in [0.1, 0.15) is 5.75 Å². The van der Waals surface area contributed by atoms with E-state index >= 15 is 0 Å². The fourth-order valence-electron chi connectivity index (χ4n) is 5.59. The summed E-state index contributed by atoms with van der Waals surface area (Å²) in [6.07, 6.45) is 6.84. The highest BCUT2D eigenvalue weighted by atomic mass is 16.7. The van der Waals surface area contributed by atoms with Crippen LogP contribution >= 0.6 is 0 Å². The van der Waals surface area contributed by atoms with Crippen molar-refractivity contribution in [3.63, 3.8) is 0 Å². The van der Waals surface area contributed by atoms with E-state index in [0.29, 0.717) is 24.7 Å². The number of hydrogen-bond donors (Lipinski definition) is 2. The van der Waals surface area contributed by atoms with Crippen molar-refractivity contribution in [2.24, 2.45) is 11.8 Å². The van der Waals surface area contributed by atoms with Crippen LogP contribution in [0, 0.1) is 11.8 Å². The van der Waals surface area contributed by atoms with Crippen LogP contribution < -0.4 is 10.1 Å². The molecule has 3 unspecified atom stereocenters. The van der Waals surface area contributed by atoms with Crippen LogP contribution in [0.4, 0.5) is 0 Å². The molecule has 0 aromatic heterocycles. The van der Waals surface area contributed by atoms with E-state index in [2.05, 4.69) is 5.32 Å². The van der Waals surface area contributed by atoms with Gasteiger partial charge in [0.05, 0.1) is 20.3 Å². The Kier molecular flexibility index (Phi) is 6.88. The zero-order valence-corrected chi connectivity index (χ0v) is 19.6. The molecule has 6 heteroatoms. The first-order valence-electron chi connectivity index (χ1n) is 12.2. The Morgan fingerprint density at radius 2 is 1.79 bits per heavy atom. The second kappa shape index (κ2) is 10.2. The molecule has 2 fully saturated rings. The van der Waals surface area contributed by atoms with E-state index in [1.54, 1.807) is 7.11 Å². The monoisotopic (exact) mass is 463 g/mol. The first kappa shape index (κ1) is 22.9. The molecule has 0 saturated heterocycles. The molecule has 5 rings (SSSR count). The van der Waals surface area contributed by atoms with Crippen molar-refractivity contribution in [2.75, 3.05) is 7.11 Å². The van der Waals surface area contributed by atoms with Crippen molar-refractivity contribution in [2.45, 2.75) is 63.6 Å². The quantitative estimate of drug-likeness (QED) is 0.606. The van der Waals surface area contributed by atoms with Gasteiger partial charge in [-0.15, -0.1) is 0 Å². The lowest BCUT2D eigenvalue weighted by atomic mass is 9.92. The Morgan fingerprint density at radius 1 is 1.03 bits per heavy atom. The SMILES string of the molecule is COc1ccc([C@@H]2C=C(C(=O)NC3CC4CCC3C4)O[C@H](OCc3ccc(CO)cc3)C2)cc1. The number of allylic oxidation sites excluding steroid dienone is 1. The van der Waals surface area contributed by atoms with Gasteiger partial charge in [0.15, 0.2) is 5.76 Å². The Balaban J connectivity index is 1.29. The Hall–Kier alpha value is -2.83. The van der Waals surface area contributed by atoms with Crippen molar-refractivity contribution in [1.82, 2.24) is 5.32 Å². The average molecular weight is 464 g/mol. The summed E-state index contributed by atoms with van der Waals surface area (Å²) in [5.74, 6) is 2.36. The molecule has 2 aromatic carbocycles. The van der Waals surface area contributed by atoms with Gasteiger partial charge in [-0.25, -0.2) is 0 Å². The minimum Gasteiger partial charge on any atom is -0.497 e. The molecule has 2 aliphatic carbocycles. The number of benzene rings is 2. The number of aliphatic hydroxyl groups is 1. The molecule has 0 spiro atoms. The number of aliphatic hydroxyl groups excluding tert-OH is 1. The second-order valence-corrected chi connectivity index (χ2v) is 9.73. The topological polar surface area (TPSA) is 77.0 Å². The average Bonchev–Trinajstić information content (AvgIpc) is 3.51. The number of carbonyl (C=O) groups is 1. The molecule has 34 heavy (non-hydrogen) atoms. The van der Waals surface area contributed by atoms with Crippen molar-refractivity contribution in [1.29, 1.82) is 0 Å². The van der Waals surface area contributed by atoms with Gasteiger partial charge in [0, 0.05) is 18.4 Å². The minimum atomic E-state index is -0.532. The van der Waals surface area contributed by atoms with Gasteiger partial charge < -0.3 is 24.6 Å². The summed E-state index contributed by atoms with van der Waals surface area (Å²) < 4.78 is 17.5. The number of nitrogens with one attached hydrogen (secondary N) is 1. The number of hydrogen-bond acceptors (Lipinski definition) is 5. The van der Waals surface area contributed by atoms with E-state index < -0.39 is 6.29 Å². The Bertz CT molecular complexity index is 1020. The standard InChI is InChI=1S/C28H33NO5/c1-32-24-10-8-21(9-11-24)23-14-26(28(31)29-25-13-20-6-7-22(25)12-20)34-27(15-23)33-17-19-4-2-18(16-30)3-5-19/h2-5,8-11,14,20,22-23,25,27,30H,6-7,12-13,15-17H2,1H3,(H,29,31)/t20?,22?,23-,25?,27+/m1/s1. The predicted molar refractivity (Wildman–Crippen MR) is 128 cm³/mol. The molecule has 180 valence electrons. The van der Waals surface area contributed by atoms with Crippen LogP contribution in [0.5, 0.6) is 5.75 Å². The van der Waals surface area contributed by atoms with Gasteiger partial charge in [-0.1, -0.05) is 42.8 Å². The maximum absolute atomic E-state index is 13.2. The lowest BCUT2D eigenvalue weighted by molar-refractivity contribution is -0.150. The number of ether oxygens (including phenoxy) is 3. The van der Waals surface area contributed by atoms with Gasteiger partial charge in [0.2, 0.25) is 6.29 Å². The van der Waals surface area contributed by atoms with Crippen LogP contribution in [0.1, 0.15) is 54.7 Å². The van der Waals surface area contributed by atoms with Crippen LogP contribution in [0.25, 0.3) is 0 Å². The molecule has 2 aromatic rings. The Morgan fingerprint density at radius 3 is 2.44 bits per heavy atom. The van der Waals surface area contributed by atoms with Gasteiger partial charge in [-0.3, -0.25) is 4.79 Å². The van der Waals surface area contributed by atoms with Crippen LogP contribution in [0.15, 0.2) is 60.4 Å². The van der Waals surface area contributed by atoms with Crippen LogP contribution in [0.3, 0.4) is 0 Å². The van der Waals surface area contributed by atoms with Crippen molar-refractivity contribution in [3.05, 3.63) is 77.1 Å². The highest BCUT2D eigenvalue weighted by Gasteiger charge is 2.41. The number of fused-ring (bicyclic) bond motifs is 2. The van der Waals surface area contributed by atoms with Crippen molar-refractivity contribution in [3.8, 4) is 5.75 Å². The number of amides is 1. The van der Waals surface area contributed by atoms with Crippen molar-refractivity contribution < 1.29 is 24.1 Å². The zero-order valence-electron chi connectivity index (χ0n) is 19.6. The van der Waals surface area contributed by atoms with Gasteiger partial charge in [0.25, 0.3) is 5.91 Å². The molecule has 2 saturated carbocycles. The summed E-state index contributed by atoms with van der Waals surface area (Å²) in [6, 6.07) is 15.8.